The van der Waals surface area contributed by atoms with E-state index in [1.54, 1.807) is 24.5 Å². The molecule has 8 nitrogen and oxygen atoms in total. The molecule has 0 N–H and O–H groups in total. The van der Waals surface area contributed by atoms with E-state index in [4.69, 9.17) is 4.74 Å². The minimum absolute atomic E-state index is 0.177. The molecule has 33 heavy (non-hydrogen) atoms. The topological polar surface area (TPSA) is 101 Å². The molecule has 166 valence electrons. The molecule has 2 aromatic carbocycles. The number of sulfonamides is 1. The Kier molecular flexibility index (Phi) is 5.23. The van der Waals surface area contributed by atoms with Gasteiger partial charge < -0.3 is 9.30 Å². The summed E-state index contributed by atoms with van der Waals surface area (Å²) in [4.78, 5) is 8.16. The molecule has 3 heterocycles. The maximum absolute atomic E-state index is 12.3. The number of fused-ring (bicyclic) bond motifs is 1. The summed E-state index contributed by atoms with van der Waals surface area (Å²) in [7, 11) is -3.24. The second kappa shape index (κ2) is 8.22. The number of ether oxygens (including phenoxy) is 1. The Balaban J connectivity index is 1.58. The van der Waals surface area contributed by atoms with E-state index >= 15 is 0 Å². The Hall–Kier alpha value is -3.90. The van der Waals surface area contributed by atoms with Gasteiger partial charge in [0.2, 0.25) is 15.9 Å². The number of aromatic nitrogens is 3. The van der Waals surface area contributed by atoms with Crippen molar-refractivity contribution >= 4 is 26.6 Å². The van der Waals surface area contributed by atoms with Gasteiger partial charge in [-0.25, -0.2) is 13.4 Å². The lowest BCUT2D eigenvalue weighted by Crippen LogP contribution is -2.24. The van der Waals surface area contributed by atoms with Crippen LogP contribution in [0.5, 0.6) is 11.6 Å². The Morgan fingerprint density at radius 2 is 1.97 bits per heavy atom. The molecular formula is C24H21N5O3S. The molecule has 1 aliphatic rings. The van der Waals surface area contributed by atoms with E-state index in [1.807, 2.05) is 37.3 Å². The number of nitriles is 1. The van der Waals surface area contributed by atoms with Crippen LogP contribution in [0.1, 0.15) is 18.9 Å². The number of hydrogen-bond donors (Lipinski definition) is 0. The van der Waals surface area contributed by atoms with Gasteiger partial charge >= 0.3 is 0 Å². The lowest BCUT2D eigenvalue weighted by molar-refractivity contribution is 0.460. The van der Waals surface area contributed by atoms with E-state index in [-0.39, 0.29) is 5.75 Å². The average Bonchev–Trinajstić information content (AvgIpc) is 3.35. The molecule has 9 heteroatoms. The van der Waals surface area contributed by atoms with Crippen LogP contribution < -0.4 is 9.04 Å². The van der Waals surface area contributed by atoms with Crippen LogP contribution in [-0.2, 0) is 16.6 Å². The van der Waals surface area contributed by atoms with Crippen molar-refractivity contribution in [3.63, 3.8) is 0 Å². The number of benzene rings is 2. The fraction of sp³-hybridized carbons (Fsp3) is 0.208. The molecule has 1 fully saturated rings. The van der Waals surface area contributed by atoms with Crippen LogP contribution in [0, 0.1) is 11.3 Å². The van der Waals surface area contributed by atoms with E-state index in [0.717, 1.165) is 22.2 Å². The number of anilines is 1. The lowest BCUT2D eigenvalue weighted by Gasteiger charge is -2.17. The van der Waals surface area contributed by atoms with E-state index in [2.05, 4.69) is 20.6 Å². The molecule has 4 aromatic rings. The van der Waals surface area contributed by atoms with Crippen molar-refractivity contribution in [2.75, 3.05) is 16.6 Å². The molecule has 1 saturated heterocycles. The minimum atomic E-state index is -3.24. The molecule has 0 unspecified atom stereocenters. The van der Waals surface area contributed by atoms with Crippen molar-refractivity contribution in [1.82, 2.24) is 14.5 Å². The third-order valence-electron chi connectivity index (χ3n) is 5.75. The van der Waals surface area contributed by atoms with Gasteiger partial charge in [0.15, 0.2) is 0 Å². The summed E-state index contributed by atoms with van der Waals surface area (Å²) in [5, 5.41) is 10.8. The molecule has 0 aliphatic carbocycles. The van der Waals surface area contributed by atoms with Crippen LogP contribution in [0.15, 0.2) is 61.1 Å². The number of rotatable bonds is 5. The smallest absolute Gasteiger partial charge is 0.237 e. The van der Waals surface area contributed by atoms with Crippen molar-refractivity contribution in [3.05, 3.63) is 66.6 Å². The number of hydrogen-bond acceptors (Lipinski definition) is 6. The van der Waals surface area contributed by atoms with Gasteiger partial charge in [0.05, 0.1) is 34.4 Å². The first kappa shape index (κ1) is 21.0. The van der Waals surface area contributed by atoms with Gasteiger partial charge in [-0.2, -0.15) is 5.26 Å². The first-order valence-electron chi connectivity index (χ1n) is 10.6. The molecule has 0 saturated carbocycles. The molecule has 0 amide bonds. The summed E-state index contributed by atoms with van der Waals surface area (Å²) in [5.41, 5.74) is 3.73. The van der Waals surface area contributed by atoms with E-state index in [0.29, 0.717) is 42.4 Å². The summed E-state index contributed by atoms with van der Waals surface area (Å²) < 4.78 is 33.9. The van der Waals surface area contributed by atoms with Gasteiger partial charge in [0.25, 0.3) is 0 Å². The number of aryl methyl sites for hydroxylation is 1. The summed E-state index contributed by atoms with van der Waals surface area (Å²) in [5.74, 6) is 1.16. The molecule has 1 aliphatic heterocycles. The summed E-state index contributed by atoms with van der Waals surface area (Å²) in [6.45, 7) is 3.16. The van der Waals surface area contributed by atoms with Gasteiger partial charge in [-0.3, -0.25) is 9.29 Å². The Morgan fingerprint density at radius 1 is 1.15 bits per heavy atom. The zero-order valence-electron chi connectivity index (χ0n) is 18.0. The largest absolute Gasteiger partial charge is 0.437 e. The first-order chi connectivity index (χ1) is 16.0. The fourth-order valence-electron chi connectivity index (χ4n) is 4.31. The third kappa shape index (κ3) is 3.68. The van der Waals surface area contributed by atoms with Crippen LogP contribution >= 0.6 is 0 Å². The predicted molar refractivity (Wildman–Crippen MR) is 126 cm³/mol. The SMILES string of the molecule is CCn1c(-c2ccc(N3CCCS3(=O)=O)cc2)c(C#N)c2ccc(Oc3cnccn3)cc21. The minimum Gasteiger partial charge on any atom is -0.437 e. The maximum Gasteiger partial charge on any atom is 0.237 e. The monoisotopic (exact) mass is 459 g/mol. The van der Waals surface area contributed by atoms with Gasteiger partial charge in [-0.15, -0.1) is 0 Å². The zero-order valence-corrected chi connectivity index (χ0v) is 18.8. The molecule has 0 spiro atoms. The Morgan fingerprint density at radius 3 is 2.61 bits per heavy atom. The molecular weight excluding hydrogens is 438 g/mol. The predicted octanol–water partition coefficient (Wildman–Crippen LogP) is 4.32. The van der Waals surface area contributed by atoms with Gasteiger partial charge in [0.1, 0.15) is 11.8 Å². The fourth-order valence-corrected chi connectivity index (χ4v) is 5.87. The summed E-state index contributed by atoms with van der Waals surface area (Å²) >= 11 is 0. The zero-order chi connectivity index (χ0) is 23.0. The third-order valence-corrected chi connectivity index (χ3v) is 7.62. The van der Waals surface area contributed by atoms with Crippen LogP contribution in [0.3, 0.4) is 0 Å². The molecule has 0 radical (unpaired) electrons. The van der Waals surface area contributed by atoms with Gasteiger partial charge in [-0.05, 0) is 43.2 Å². The molecule has 0 atom stereocenters. The first-order valence-corrected chi connectivity index (χ1v) is 12.2. The van der Waals surface area contributed by atoms with Crippen molar-refractivity contribution in [3.8, 4) is 29.0 Å². The molecule has 0 bridgehead atoms. The van der Waals surface area contributed by atoms with Crippen LogP contribution in [0.25, 0.3) is 22.2 Å². The highest BCUT2D eigenvalue weighted by molar-refractivity contribution is 7.93. The van der Waals surface area contributed by atoms with Crippen molar-refractivity contribution in [2.45, 2.75) is 19.9 Å². The maximum atomic E-state index is 12.3. The number of nitrogens with zero attached hydrogens (tertiary/aromatic N) is 5. The van der Waals surface area contributed by atoms with Crippen LogP contribution in [0.2, 0.25) is 0 Å². The lowest BCUT2D eigenvalue weighted by atomic mass is 10.1. The summed E-state index contributed by atoms with van der Waals surface area (Å²) in [6, 6.07) is 15.3. The van der Waals surface area contributed by atoms with Crippen molar-refractivity contribution in [2.24, 2.45) is 0 Å². The second-order valence-corrected chi connectivity index (χ2v) is 9.71. The van der Waals surface area contributed by atoms with Crippen molar-refractivity contribution in [1.29, 1.82) is 5.26 Å². The Bertz CT molecular complexity index is 1470. The van der Waals surface area contributed by atoms with Gasteiger partial charge in [0, 0.05) is 36.9 Å². The molecule has 5 rings (SSSR count). The van der Waals surface area contributed by atoms with E-state index in [9.17, 15) is 13.7 Å². The average molecular weight is 460 g/mol. The second-order valence-electron chi connectivity index (χ2n) is 7.69. The van der Waals surface area contributed by atoms with E-state index in [1.165, 1.54) is 10.5 Å². The normalized spacial score (nSPS) is 15.0. The summed E-state index contributed by atoms with van der Waals surface area (Å²) in [6.07, 6.45) is 5.31. The van der Waals surface area contributed by atoms with Crippen LogP contribution in [0.4, 0.5) is 5.69 Å². The highest BCUT2D eigenvalue weighted by Gasteiger charge is 2.28. The molecule has 2 aromatic heterocycles. The standard InChI is InChI=1S/C24H21N5O3S/c1-2-28-22-14-19(32-23-16-26-10-11-27-23)8-9-20(22)21(15-25)24(28)17-4-6-18(7-5-17)29-12-3-13-33(29,30)31/h4-11,14,16H,2-3,12-13H2,1H3. The highest BCUT2D eigenvalue weighted by atomic mass is 32.2. The van der Waals surface area contributed by atoms with Gasteiger partial charge in [-0.1, -0.05) is 12.1 Å². The quantitative estimate of drug-likeness (QED) is 0.440. The Labute approximate surface area is 191 Å². The van der Waals surface area contributed by atoms with E-state index < -0.39 is 10.0 Å². The highest BCUT2D eigenvalue weighted by Crippen LogP contribution is 2.37. The van der Waals surface area contributed by atoms with Crippen molar-refractivity contribution < 1.29 is 13.2 Å². The van der Waals surface area contributed by atoms with Crippen LogP contribution in [-0.4, -0.2) is 35.3 Å².